The lowest BCUT2D eigenvalue weighted by molar-refractivity contribution is -0.137. The van der Waals surface area contributed by atoms with Crippen molar-refractivity contribution in [2.45, 2.75) is 6.18 Å². The van der Waals surface area contributed by atoms with Gasteiger partial charge in [0.05, 0.1) is 5.56 Å². The average Bonchev–Trinajstić information content (AvgIpc) is 2.45. The van der Waals surface area contributed by atoms with Crippen molar-refractivity contribution < 1.29 is 22.7 Å². The van der Waals surface area contributed by atoms with Gasteiger partial charge in [-0.05, 0) is 36.4 Å². The van der Waals surface area contributed by atoms with Gasteiger partial charge in [-0.25, -0.2) is 0 Å². The van der Waals surface area contributed by atoms with Gasteiger partial charge in [0.1, 0.15) is 5.75 Å². The fraction of sp³-hybridized carbons (Fsp3) is 0.133. The van der Waals surface area contributed by atoms with E-state index in [4.69, 9.17) is 4.74 Å². The largest absolute Gasteiger partial charge is 0.484 e. The zero-order chi connectivity index (χ0) is 16.2. The Hall–Kier alpha value is -2.02. The lowest BCUT2D eigenvalue weighted by Crippen LogP contribution is -2.20. The van der Waals surface area contributed by atoms with Gasteiger partial charge in [-0.1, -0.05) is 28.1 Å². The van der Waals surface area contributed by atoms with Crippen molar-refractivity contribution in [3.8, 4) is 5.75 Å². The van der Waals surface area contributed by atoms with E-state index in [1.165, 1.54) is 12.1 Å². The van der Waals surface area contributed by atoms with Gasteiger partial charge in [-0.15, -0.1) is 0 Å². The summed E-state index contributed by atoms with van der Waals surface area (Å²) in [4.78, 5) is 11.7. The maximum Gasteiger partial charge on any atom is 0.416 e. The zero-order valence-electron chi connectivity index (χ0n) is 11.2. The van der Waals surface area contributed by atoms with E-state index in [-0.39, 0.29) is 12.3 Å². The second-order valence-corrected chi connectivity index (χ2v) is 5.29. The number of carbonyl (C=O) groups excluding carboxylic acids is 1. The summed E-state index contributed by atoms with van der Waals surface area (Å²) in [6, 6.07) is 11.3. The van der Waals surface area contributed by atoms with Gasteiger partial charge in [0, 0.05) is 10.2 Å². The first-order valence-corrected chi connectivity index (χ1v) is 6.99. The SMILES string of the molecule is O=C(COc1cccc(Br)c1)Nc1cccc(C(F)(F)F)c1. The summed E-state index contributed by atoms with van der Waals surface area (Å²) < 4.78 is 43.8. The van der Waals surface area contributed by atoms with Crippen LogP contribution >= 0.6 is 15.9 Å². The van der Waals surface area contributed by atoms with Crippen LogP contribution in [0.4, 0.5) is 18.9 Å². The molecule has 22 heavy (non-hydrogen) atoms. The van der Waals surface area contributed by atoms with Crippen LogP contribution in [-0.2, 0) is 11.0 Å². The molecule has 0 bridgehead atoms. The number of anilines is 1. The molecule has 3 nitrogen and oxygen atoms in total. The smallest absolute Gasteiger partial charge is 0.416 e. The Balaban J connectivity index is 1.95. The molecule has 0 unspecified atom stereocenters. The predicted molar refractivity (Wildman–Crippen MR) is 79.7 cm³/mol. The first-order valence-electron chi connectivity index (χ1n) is 6.20. The zero-order valence-corrected chi connectivity index (χ0v) is 12.7. The van der Waals surface area contributed by atoms with Crippen molar-refractivity contribution in [1.82, 2.24) is 0 Å². The Morgan fingerprint density at radius 2 is 1.86 bits per heavy atom. The molecule has 0 saturated carbocycles. The number of hydrogen-bond donors (Lipinski definition) is 1. The quantitative estimate of drug-likeness (QED) is 0.857. The third kappa shape index (κ3) is 4.77. The van der Waals surface area contributed by atoms with Crippen LogP contribution in [0.25, 0.3) is 0 Å². The van der Waals surface area contributed by atoms with E-state index < -0.39 is 17.6 Å². The van der Waals surface area contributed by atoms with Crippen molar-refractivity contribution in [2.24, 2.45) is 0 Å². The molecule has 2 aromatic carbocycles. The summed E-state index contributed by atoms with van der Waals surface area (Å²) in [6.07, 6.45) is -4.45. The summed E-state index contributed by atoms with van der Waals surface area (Å²) in [5, 5.41) is 2.36. The van der Waals surface area contributed by atoms with Crippen molar-refractivity contribution >= 4 is 27.5 Å². The molecule has 2 rings (SSSR count). The highest BCUT2D eigenvalue weighted by Crippen LogP contribution is 2.30. The second-order valence-electron chi connectivity index (χ2n) is 4.37. The highest BCUT2D eigenvalue weighted by Gasteiger charge is 2.30. The number of rotatable bonds is 4. The minimum absolute atomic E-state index is 0.0673. The molecule has 0 atom stereocenters. The number of nitrogens with one attached hydrogen (secondary N) is 1. The van der Waals surface area contributed by atoms with Gasteiger partial charge < -0.3 is 10.1 Å². The molecule has 116 valence electrons. The molecule has 0 aliphatic heterocycles. The Morgan fingerprint density at radius 1 is 1.14 bits per heavy atom. The Labute approximate surface area is 133 Å². The number of halogens is 4. The number of carbonyl (C=O) groups is 1. The molecule has 0 saturated heterocycles. The van der Waals surface area contributed by atoms with E-state index in [9.17, 15) is 18.0 Å². The van der Waals surface area contributed by atoms with E-state index >= 15 is 0 Å². The monoisotopic (exact) mass is 373 g/mol. The van der Waals surface area contributed by atoms with Crippen LogP contribution in [0.15, 0.2) is 53.0 Å². The molecule has 0 radical (unpaired) electrons. The lowest BCUT2D eigenvalue weighted by atomic mass is 10.2. The molecular formula is C15H11BrF3NO2. The summed E-state index contributed by atoms with van der Waals surface area (Å²) in [5.74, 6) is -0.0622. The summed E-state index contributed by atoms with van der Waals surface area (Å²) in [7, 11) is 0. The first-order chi connectivity index (χ1) is 10.3. The van der Waals surface area contributed by atoms with E-state index in [1.807, 2.05) is 0 Å². The molecule has 0 aromatic heterocycles. The minimum atomic E-state index is -4.45. The third-order valence-electron chi connectivity index (χ3n) is 2.64. The fourth-order valence-electron chi connectivity index (χ4n) is 1.68. The first kappa shape index (κ1) is 16.4. The van der Waals surface area contributed by atoms with Gasteiger partial charge in [0.15, 0.2) is 6.61 Å². The van der Waals surface area contributed by atoms with Crippen molar-refractivity contribution in [3.63, 3.8) is 0 Å². The predicted octanol–water partition coefficient (Wildman–Crippen LogP) is 4.49. The van der Waals surface area contributed by atoms with Crippen LogP contribution in [0.5, 0.6) is 5.75 Å². The van der Waals surface area contributed by atoms with E-state index in [2.05, 4.69) is 21.2 Å². The minimum Gasteiger partial charge on any atom is -0.484 e. The Morgan fingerprint density at radius 3 is 2.55 bits per heavy atom. The van der Waals surface area contributed by atoms with Crippen molar-refractivity contribution in [2.75, 3.05) is 11.9 Å². The van der Waals surface area contributed by atoms with Gasteiger partial charge in [0.25, 0.3) is 5.91 Å². The van der Waals surface area contributed by atoms with E-state index in [0.29, 0.717) is 5.75 Å². The van der Waals surface area contributed by atoms with Crippen LogP contribution in [0.3, 0.4) is 0 Å². The topological polar surface area (TPSA) is 38.3 Å². The second kappa shape index (κ2) is 6.83. The molecule has 0 fully saturated rings. The molecular weight excluding hydrogens is 363 g/mol. The molecule has 1 amide bonds. The van der Waals surface area contributed by atoms with Crippen LogP contribution in [0.1, 0.15) is 5.56 Å². The molecule has 1 N–H and O–H groups in total. The highest BCUT2D eigenvalue weighted by molar-refractivity contribution is 9.10. The molecule has 2 aromatic rings. The number of ether oxygens (including phenoxy) is 1. The normalized spacial score (nSPS) is 11.1. The van der Waals surface area contributed by atoms with E-state index in [1.54, 1.807) is 24.3 Å². The number of hydrogen-bond acceptors (Lipinski definition) is 2. The van der Waals surface area contributed by atoms with Gasteiger partial charge in [-0.3, -0.25) is 4.79 Å². The Kier molecular flexibility index (Phi) is 5.07. The van der Waals surface area contributed by atoms with Gasteiger partial charge in [0.2, 0.25) is 0 Å². The maximum absolute atomic E-state index is 12.6. The third-order valence-corrected chi connectivity index (χ3v) is 3.13. The maximum atomic E-state index is 12.6. The highest BCUT2D eigenvalue weighted by atomic mass is 79.9. The number of amides is 1. The van der Waals surface area contributed by atoms with Crippen LogP contribution in [0, 0.1) is 0 Å². The van der Waals surface area contributed by atoms with E-state index in [0.717, 1.165) is 16.6 Å². The van der Waals surface area contributed by atoms with Crippen LogP contribution in [0.2, 0.25) is 0 Å². The molecule has 0 spiro atoms. The van der Waals surface area contributed by atoms with Crippen LogP contribution < -0.4 is 10.1 Å². The summed E-state index contributed by atoms with van der Waals surface area (Å²) in [5.41, 5.74) is -0.754. The van der Waals surface area contributed by atoms with Crippen molar-refractivity contribution in [1.29, 1.82) is 0 Å². The van der Waals surface area contributed by atoms with Gasteiger partial charge in [-0.2, -0.15) is 13.2 Å². The number of alkyl halides is 3. The molecule has 0 aliphatic carbocycles. The fourth-order valence-corrected chi connectivity index (χ4v) is 2.05. The standard InChI is InChI=1S/C15H11BrF3NO2/c16-11-4-2-6-13(8-11)22-9-14(21)20-12-5-1-3-10(7-12)15(17,18)19/h1-8H,9H2,(H,20,21). The summed E-state index contributed by atoms with van der Waals surface area (Å²) in [6.45, 7) is -0.299. The molecule has 7 heteroatoms. The van der Waals surface area contributed by atoms with Gasteiger partial charge >= 0.3 is 6.18 Å². The van der Waals surface area contributed by atoms with Crippen molar-refractivity contribution in [3.05, 3.63) is 58.6 Å². The number of benzene rings is 2. The Bertz CT molecular complexity index is 674. The lowest BCUT2D eigenvalue weighted by Gasteiger charge is -2.10. The van der Waals surface area contributed by atoms with Crippen LogP contribution in [-0.4, -0.2) is 12.5 Å². The average molecular weight is 374 g/mol. The molecule has 0 heterocycles. The molecule has 0 aliphatic rings. The summed E-state index contributed by atoms with van der Waals surface area (Å²) >= 11 is 3.26.